The molecule has 2 amide bonds. The van der Waals surface area contributed by atoms with Crippen LogP contribution in [0.4, 0.5) is 10.5 Å². The number of rotatable bonds is 5. The van der Waals surface area contributed by atoms with E-state index in [-0.39, 0.29) is 6.03 Å². The van der Waals surface area contributed by atoms with E-state index in [1.165, 1.54) is 5.56 Å². The number of carbonyl (C=O) groups is 1. The second-order valence-electron chi connectivity index (χ2n) is 8.22. The van der Waals surface area contributed by atoms with E-state index in [0.29, 0.717) is 13.1 Å². The minimum absolute atomic E-state index is 0.0987. The molecule has 4 rings (SSSR count). The van der Waals surface area contributed by atoms with E-state index >= 15 is 0 Å². The van der Waals surface area contributed by atoms with Gasteiger partial charge < -0.3 is 15.0 Å². The zero-order valence-corrected chi connectivity index (χ0v) is 19.7. The molecule has 2 aliphatic rings. The first-order valence-corrected chi connectivity index (χ1v) is 12.1. The van der Waals surface area contributed by atoms with Crippen LogP contribution in [0.5, 0.6) is 5.75 Å². The molecule has 2 aromatic rings. The zero-order valence-electron chi connectivity index (χ0n) is 18.9. The van der Waals surface area contributed by atoms with Gasteiger partial charge in [0, 0.05) is 43.2 Å². The fraction of sp³-hybridized carbons (Fsp3) is 0.400. The van der Waals surface area contributed by atoms with Crippen LogP contribution in [0.3, 0.4) is 0 Å². The number of methoxy groups -OCH3 is 1. The van der Waals surface area contributed by atoms with Crippen molar-refractivity contribution in [2.24, 2.45) is 9.98 Å². The lowest BCUT2D eigenvalue weighted by Gasteiger charge is -2.35. The minimum Gasteiger partial charge on any atom is -0.497 e. The Morgan fingerprint density at radius 2 is 1.91 bits per heavy atom. The van der Waals surface area contributed by atoms with E-state index in [1.54, 1.807) is 18.9 Å². The van der Waals surface area contributed by atoms with Crippen LogP contribution in [0.2, 0.25) is 0 Å². The maximum atomic E-state index is 12.8. The predicted octanol–water partition coefficient (Wildman–Crippen LogP) is 5.37. The van der Waals surface area contributed by atoms with Crippen molar-refractivity contribution in [1.29, 1.82) is 0 Å². The summed E-state index contributed by atoms with van der Waals surface area (Å²) in [5.74, 6) is 1.74. The number of nitrogens with one attached hydrogen (secondary N) is 1. The van der Waals surface area contributed by atoms with Gasteiger partial charge in [-0.1, -0.05) is 42.8 Å². The van der Waals surface area contributed by atoms with Gasteiger partial charge in [-0.05, 0) is 31.2 Å². The third-order valence-corrected chi connectivity index (χ3v) is 6.94. The molecule has 0 saturated carbocycles. The Morgan fingerprint density at radius 1 is 1.16 bits per heavy atom. The molecule has 2 heterocycles. The van der Waals surface area contributed by atoms with Crippen LogP contribution < -0.4 is 10.1 Å². The van der Waals surface area contributed by atoms with Crippen molar-refractivity contribution < 1.29 is 9.53 Å². The summed E-state index contributed by atoms with van der Waals surface area (Å²) in [7, 11) is 1.62. The molecule has 1 saturated heterocycles. The topological polar surface area (TPSA) is 66.3 Å². The molecule has 32 heavy (non-hydrogen) atoms. The highest BCUT2D eigenvalue weighted by atomic mass is 32.2. The number of hydrogen-bond acceptors (Lipinski definition) is 5. The Bertz CT molecular complexity index is 1020. The lowest BCUT2D eigenvalue weighted by Crippen LogP contribution is -2.46. The third kappa shape index (κ3) is 4.99. The van der Waals surface area contributed by atoms with Crippen molar-refractivity contribution in [3.05, 3.63) is 59.7 Å². The lowest BCUT2D eigenvalue weighted by molar-refractivity contribution is 0.175. The summed E-state index contributed by atoms with van der Waals surface area (Å²) in [6.45, 7) is 5.51. The molecule has 2 aliphatic heterocycles. The van der Waals surface area contributed by atoms with Crippen LogP contribution in [0.15, 0.2) is 58.5 Å². The smallest absolute Gasteiger partial charge is 0.321 e. The molecule has 0 aromatic heterocycles. The van der Waals surface area contributed by atoms with Crippen molar-refractivity contribution in [3.8, 4) is 5.75 Å². The number of benzene rings is 2. The van der Waals surface area contributed by atoms with E-state index in [9.17, 15) is 4.79 Å². The molecule has 0 bridgehead atoms. The van der Waals surface area contributed by atoms with Gasteiger partial charge in [0.15, 0.2) is 5.66 Å². The standard InChI is InChI=1S/C25H30N4O2S/c1-4-16-32-23-22(19-10-8-18(2)9-11-19)27-25(28-23)12-14-29(15-13-25)24(30)26-20-6-5-7-21(17-20)31-3/h5-11,17H,4,12-16H2,1-3H3,(H,26,30). The molecular formula is C25H30N4O2S. The molecule has 1 N–H and O–H groups in total. The first kappa shape index (κ1) is 22.4. The van der Waals surface area contributed by atoms with Gasteiger partial charge in [0.2, 0.25) is 0 Å². The molecule has 6 nitrogen and oxygen atoms in total. The number of likely N-dealkylation sites (tertiary alicyclic amines) is 1. The summed E-state index contributed by atoms with van der Waals surface area (Å²) in [4.78, 5) is 24.9. The Balaban J connectivity index is 1.46. The quantitative estimate of drug-likeness (QED) is 0.666. The molecule has 2 aromatic carbocycles. The molecule has 0 aliphatic carbocycles. The van der Waals surface area contributed by atoms with Crippen LogP contribution in [0, 0.1) is 6.92 Å². The second kappa shape index (κ2) is 9.77. The number of piperidine rings is 1. The number of anilines is 1. The van der Waals surface area contributed by atoms with Gasteiger partial charge in [0.25, 0.3) is 0 Å². The molecule has 0 atom stereocenters. The molecule has 0 unspecified atom stereocenters. The maximum absolute atomic E-state index is 12.8. The minimum atomic E-state index is -0.455. The van der Waals surface area contributed by atoms with Crippen LogP contribution in [-0.4, -0.2) is 53.3 Å². The Hall–Kier alpha value is -2.80. The molecular weight excluding hydrogens is 420 g/mol. The number of urea groups is 1. The van der Waals surface area contributed by atoms with Gasteiger partial charge >= 0.3 is 6.03 Å². The van der Waals surface area contributed by atoms with E-state index in [1.807, 2.05) is 29.2 Å². The van der Waals surface area contributed by atoms with Gasteiger partial charge in [-0.3, -0.25) is 4.99 Å². The third-order valence-electron chi connectivity index (χ3n) is 5.77. The fourth-order valence-corrected chi connectivity index (χ4v) is 4.85. The Kier molecular flexibility index (Phi) is 6.84. The zero-order chi connectivity index (χ0) is 22.6. The van der Waals surface area contributed by atoms with Crippen LogP contribution in [0.1, 0.15) is 37.3 Å². The summed E-state index contributed by atoms with van der Waals surface area (Å²) < 4.78 is 5.24. The molecule has 1 fully saturated rings. The average molecular weight is 451 g/mol. The first-order chi connectivity index (χ1) is 15.5. The van der Waals surface area contributed by atoms with Crippen molar-refractivity contribution >= 4 is 34.2 Å². The van der Waals surface area contributed by atoms with Gasteiger partial charge in [-0.25, -0.2) is 9.79 Å². The number of aliphatic imine (C=N–C) groups is 2. The van der Waals surface area contributed by atoms with Crippen LogP contribution in [0.25, 0.3) is 0 Å². The summed E-state index contributed by atoms with van der Waals surface area (Å²) in [6.07, 6.45) is 2.55. The molecule has 0 radical (unpaired) electrons. The first-order valence-electron chi connectivity index (χ1n) is 11.1. The van der Waals surface area contributed by atoms with Gasteiger partial charge in [0.1, 0.15) is 10.8 Å². The summed E-state index contributed by atoms with van der Waals surface area (Å²) >= 11 is 1.79. The maximum Gasteiger partial charge on any atom is 0.321 e. The van der Waals surface area contributed by atoms with Crippen LogP contribution >= 0.6 is 11.8 Å². The second-order valence-corrected chi connectivity index (χ2v) is 9.31. The molecule has 7 heteroatoms. The average Bonchev–Trinajstić information content (AvgIpc) is 3.16. The van der Waals surface area contributed by atoms with Gasteiger partial charge in [0.05, 0.1) is 12.8 Å². The van der Waals surface area contributed by atoms with Crippen molar-refractivity contribution in [1.82, 2.24) is 4.90 Å². The number of ether oxygens (including phenoxy) is 1. The van der Waals surface area contributed by atoms with E-state index in [4.69, 9.17) is 14.7 Å². The number of carbonyl (C=O) groups excluding carboxylic acids is 1. The van der Waals surface area contributed by atoms with Crippen molar-refractivity contribution in [2.45, 2.75) is 38.8 Å². The van der Waals surface area contributed by atoms with Gasteiger partial charge in [-0.15, -0.1) is 11.8 Å². The summed E-state index contributed by atoms with van der Waals surface area (Å²) in [5.41, 5.74) is 3.62. The highest BCUT2D eigenvalue weighted by Crippen LogP contribution is 2.36. The molecule has 168 valence electrons. The van der Waals surface area contributed by atoms with Crippen LogP contribution in [-0.2, 0) is 0 Å². The van der Waals surface area contributed by atoms with E-state index in [0.717, 1.165) is 52.8 Å². The predicted molar refractivity (Wildman–Crippen MR) is 133 cm³/mol. The Morgan fingerprint density at radius 3 is 2.59 bits per heavy atom. The van der Waals surface area contributed by atoms with Crippen molar-refractivity contribution in [3.63, 3.8) is 0 Å². The molecule has 1 spiro atoms. The van der Waals surface area contributed by atoms with Crippen molar-refractivity contribution in [2.75, 3.05) is 31.3 Å². The largest absolute Gasteiger partial charge is 0.497 e. The lowest BCUT2D eigenvalue weighted by atomic mass is 9.98. The Labute approximate surface area is 194 Å². The normalized spacial score (nSPS) is 17.2. The number of amides is 2. The van der Waals surface area contributed by atoms with E-state index < -0.39 is 5.66 Å². The SMILES string of the molecule is CCCSC1=NC2(CCN(C(=O)Nc3cccc(OC)c3)CC2)N=C1c1ccc(C)cc1. The number of nitrogens with zero attached hydrogens (tertiary/aromatic N) is 3. The van der Waals surface area contributed by atoms with E-state index in [2.05, 4.69) is 43.4 Å². The monoisotopic (exact) mass is 450 g/mol. The summed E-state index contributed by atoms with van der Waals surface area (Å²) in [6, 6.07) is 15.8. The number of aryl methyl sites for hydroxylation is 1. The fourth-order valence-electron chi connectivity index (χ4n) is 3.92. The number of thioether (sulfide) groups is 1. The van der Waals surface area contributed by atoms with Gasteiger partial charge in [-0.2, -0.15) is 0 Å². The highest BCUT2D eigenvalue weighted by Gasteiger charge is 2.40. The summed E-state index contributed by atoms with van der Waals surface area (Å²) in [5, 5.41) is 4.01. The highest BCUT2D eigenvalue weighted by molar-refractivity contribution is 8.15. The number of hydrogen-bond donors (Lipinski definition) is 1.